The molecule has 0 saturated heterocycles. The van der Waals surface area contributed by atoms with Crippen molar-refractivity contribution < 1.29 is 24.2 Å². The maximum Gasteiger partial charge on any atom is -0.109 e. The average Bonchev–Trinajstić information content (AvgIpc) is 3.64. The topological polar surface area (TPSA) is 0 Å². The van der Waals surface area contributed by atoms with Crippen LogP contribution in [0.5, 0.6) is 0 Å². The molecule has 4 aromatic carbocycles. The maximum atomic E-state index is 5.97. The van der Waals surface area contributed by atoms with Gasteiger partial charge in [-0.1, -0.05) is 76.3 Å². The third kappa shape index (κ3) is 8.47. The van der Waals surface area contributed by atoms with Crippen molar-refractivity contribution in [3.8, 4) is 11.1 Å². The molecule has 0 N–H and O–H groups in total. The first-order valence-electron chi connectivity index (χ1n) is 14.2. The fourth-order valence-electron chi connectivity index (χ4n) is 4.74. The van der Waals surface area contributed by atoms with Gasteiger partial charge >= 0.3 is 110 Å². The number of hydrogen-bond donors (Lipinski definition) is 0. The van der Waals surface area contributed by atoms with E-state index < -0.39 is 0 Å². The summed E-state index contributed by atoms with van der Waals surface area (Å²) in [4.78, 5) is 0. The van der Waals surface area contributed by atoms with Gasteiger partial charge in [0.15, 0.2) is 0 Å². The molecule has 0 saturated carbocycles. The van der Waals surface area contributed by atoms with Gasteiger partial charge in [0, 0.05) is 0 Å². The second-order valence-electron chi connectivity index (χ2n) is 12.6. The predicted molar refractivity (Wildman–Crippen MR) is 174 cm³/mol. The summed E-state index contributed by atoms with van der Waals surface area (Å²) in [6.45, 7) is 13.6. The molecule has 2 aliphatic rings. The fraction of sp³-hybridized carbons (Fsp3) is 0.256. The number of halogens is 1. The van der Waals surface area contributed by atoms with Crippen LogP contribution in [-0.2, 0) is 41.5 Å². The van der Waals surface area contributed by atoms with E-state index in [1.54, 1.807) is 0 Å². The van der Waals surface area contributed by atoms with Crippen molar-refractivity contribution in [2.24, 2.45) is 0 Å². The summed E-state index contributed by atoms with van der Waals surface area (Å²) in [5.74, 6) is 0. The molecule has 6 rings (SSSR count). The maximum absolute atomic E-state index is 5.97. The molecule has 2 aliphatic carbocycles. The summed E-state index contributed by atoms with van der Waals surface area (Å²) in [6, 6.07) is 33.5. The SMILES string of the molecule is CC(C)(C)c1c[c-]c2c(c1)-c1cc(C(C)(C)C)ccc1C2.Clc1cccc([C](=[Zr+2])c2ccccc2)c1.[C-]1=CC=CC1. The molecule has 0 nitrogen and oxygen atoms in total. The second kappa shape index (κ2) is 13.6. The van der Waals surface area contributed by atoms with E-state index in [4.69, 9.17) is 11.6 Å². The Bertz CT molecular complexity index is 1490. The van der Waals surface area contributed by atoms with Gasteiger partial charge in [-0.25, -0.2) is 12.2 Å². The summed E-state index contributed by atoms with van der Waals surface area (Å²) in [6.07, 6.45) is 11.0. The molecule has 0 heterocycles. The van der Waals surface area contributed by atoms with Crippen LogP contribution in [0.2, 0.25) is 5.02 Å². The Hall–Kier alpha value is -2.60. The van der Waals surface area contributed by atoms with Gasteiger partial charge in [-0.2, -0.15) is 35.4 Å². The number of fused-ring (bicyclic) bond motifs is 3. The van der Waals surface area contributed by atoms with E-state index >= 15 is 0 Å². The molecule has 0 amide bonds. The molecular weight excluding hydrogens is 595 g/mol. The Balaban J connectivity index is 0.000000168. The Kier molecular flexibility index (Phi) is 10.4. The summed E-state index contributed by atoms with van der Waals surface area (Å²) in [5.41, 5.74) is 11.3. The molecular formula is C39H39ClZr. The molecule has 0 fully saturated rings. The summed E-state index contributed by atoms with van der Waals surface area (Å²) < 4.78 is 1.34. The first kappa shape index (κ1) is 31.3. The van der Waals surface area contributed by atoms with Crippen LogP contribution in [0.1, 0.15) is 81.3 Å². The standard InChI is InChI=1S/C21H25.C13H9Cl.C5H5.Zr/c1-20(2,3)16-9-7-14-11-15-8-10-17(21(4,5)6)13-19(15)18(14)12-16;14-13-8-4-7-12(10-13)9-11-5-2-1-3-6-11;1-2-4-5-3-1;/h7,9-10,12-13H,11H2,1-6H3;1-8,10H;1-3H,4H2;/q-1;;-1;+2. The summed E-state index contributed by atoms with van der Waals surface area (Å²) in [5, 5.41) is 0.795. The first-order chi connectivity index (χ1) is 19.4. The van der Waals surface area contributed by atoms with Crippen LogP contribution in [0, 0.1) is 12.1 Å². The normalized spacial score (nSPS) is 13.0. The van der Waals surface area contributed by atoms with E-state index in [2.05, 4.69) is 120 Å². The Morgan fingerprint density at radius 2 is 1.44 bits per heavy atom. The van der Waals surface area contributed by atoms with Crippen molar-refractivity contribution in [2.45, 2.75) is 65.2 Å². The Morgan fingerprint density at radius 3 is 2.02 bits per heavy atom. The van der Waals surface area contributed by atoms with E-state index in [-0.39, 0.29) is 10.8 Å². The molecule has 2 heteroatoms. The van der Waals surface area contributed by atoms with Crippen molar-refractivity contribution >= 4 is 14.8 Å². The van der Waals surface area contributed by atoms with E-state index in [0.29, 0.717) is 0 Å². The van der Waals surface area contributed by atoms with Crippen LogP contribution in [0.3, 0.4) is 0 Å². The smallest absolute Gasteiger partial charge is 0.109 e. The van der Waals surface area contributed by atoms with Crippen LogP contribution in [-0.4, -0.2) is 3.21 Å². The predicted octanol–water partition coefficient (Wildman–Crippen LogP) is 10.4. The fourth-order valence-corrected chi connectivity index (χ4v) is 5.72. The van der Waals surface area contributed by atoms with Crippen molar-refractivity contribution in [3.05, 3.63) is 154 Å². The molecule has 0 aromatic heterocycles. The van der Waals surface area contributed by atoms with Gasteiger partial charge in [0.2, 0.25) is 0 Å². The third-order valence-electron chi connectivity index (χ3n) is 7.29. The van der Waals surface area contributed by atoms with Crippen LogP contribution < -0.4 is 0 Å². The van der Waals surface area contributed by atoms with E-state index in [9.17, 15) is 0 Å². The van der Waals surface area contributed by atoms with E-state index in [1.165, 1.54) is 71.9 Å². The van der Waals surface area contributed by atoms with Gasteiger partial charge in [0.05, 0.1) is 0 Å². The third-order valence-corrected chi connectivity index (χ3v) is 8.94. The minimum atomic E-state index is 0.177. The van der Waals surface area contributed by atoms with E-state index in [1.807, 2.05) is 36.4 Å². The zero-order valence-corrected chi connectivity index (χ0v) is 28.3. The van der Waals surface area contributed by atoms with Gasteiger partial charge in [0.1, 0.15) is 0 Å². The molecule has 4 aromatic rings. The zero-order chi connectivity index (χ0) is 29.6. The molecule has 41 heavy (non-hydrogen) atoms. The molecule has 0 spiro atoms. The molecule has 0 aliphatic heterocycles. The van der Waals surface area contributed by atoms with Crippen molar-refractivity contribution in [1.29, 1.82) is 0 Å². The zero-order valence-electron chi connectivity index (χ0n) is 25.1. The van der Waals surface area contributed by atoms with Gasteiger partial charge in [0.25, 0.3) is 0 Å². The quantitative estimate of drug-likeness (QED) is 0.170. The minimum absolute atomic E-state index is 0.177. The van der Waals surface area contributed by atoms with Crippen LogP contribution in [0.15, 0.2) is 103 Å². The largest absolute Gasteiger partial charge is 0.273 e. The van der Waals surface area contributed by atoms with E-state index in [0.717, 1.165) is 17.9 Å². The van der Waals surface area contributed by atoms with Gasteiger partial charge in [-0.3, -0.25) is 6.08 Å². The molecule has 0 radical (unpaired) electrons. The Labute approximate surface area is 267 Å². The van der Waals surface area contributed by atoms with Crippen LogP contribution >= 0.6 is 11.6 Å². The summed E-state index contributed by atoms with van der Waals surface area (Å²) >= 11 is 7.38. The van der Waals surface area contributed by atoms with Gasteiger partial charge < -0.3 is 0 Å². The second-order valence-corrected chi connectivity index (χ2v) is 14.2. The molecule has 206 valence electrons. The van der Waals surface area contributed by atoms with Crippen molar-refractivity contribution in [2.75, 3.05) is 0 Å². The van der Waals surface area contributed by atoms with Crippen LogP contribution in [0.4, 0.5) is 0 Å². The van der Waals surface area contributed by atoms with Gasteiger partial charge in [-0.05, 0) is 17.4 Å². The number of allylic oxidation sites excluding steroid dienone is 4. The molecule has 0 unspecified atom stereocenters. The molecule has 0 atom stereocenters. The Morgan fingerprint density at radius 1 is 0.756 bits per heavy atom. The van der Waals surface area contributed by atoms with Gasteiger partial charge in [-0.15, -0.1) is 12.0 Å². The minimum Gasteiger partial charge on any atom is -0.273 e. The van der Waals surface area contributed by atoms with Crippen LogP contribution in [0.25, 0.3) is 11.1 Å². The average molecular weight is 634 g/mol. The number of rotatable bonds is 2. The number of benzene rings is 4. The summed E-state index contributed by atoms with van der Waals surface area (Å²) in [7, 11) is 0. The molecule has 0 bridgehead atoms. The first-order valence-corrected chi connectivity index (χ1v) is 15.8. The van der Waals surface area contributed by atoms with Crippen molar-refractivity contribution in [3.63, 3.8) is 0 Å². The van der Waals surface area contributed by atoms with Crippen molar-refractivity contribution in [1.82, 2.24) is 0 Å². The number of hydrogen-bond acceptors (Lipinski definition) is 0. The monoisotopic (exact) mass is 632 g/mol.